The van der Waals surface area contributed by atoms with Gasteiger partial charge in [-0.25, -0.2) is 0 Å². The van der Waals surface area contributed by atoms with E-state index >= 15 is 0 Å². The van der Waals surface area contributed by atoms with E-state index in [4.69, 9.17) is 9.97 Å². The van der Waals surface area contributed by atoms with Crippen molar-refractivity contribution in [2.24, 2.45) is 0 Å². The lowest BCUT2D eigenvalue weighted by atomic mass is 10.3. The van der Waals surface area contributed by atoms with Crippen molar-refractivity contribution < 1.29 is 0 Å². The Balaban J connectivity index is 1.22. The molecule has 0 spiro atoms. The fraction of sp³-hybridized carbons (Fsp3) is 0.818. The number of hydrogen-bond donors (Lipinski definition) is 1. The molecule has 4 aliphatic heterocycles. The van der Waals surface area contributed by atoms with Gasteiger partial charge in [-0.1, -0.05) is 0 Å². The number of anilines is 3. The quantitative estimate of drug-likeness (QED) is 0.730. The van der Waals surface area contributed by atoms with E-state index in [0.29, 0.717) is 0 Å². The number of nitrogens with one attached hydrogen (secondary N) is 1. The molecule has 0 bridgehead atoms. The molecule has 1 aromatic heterocycles. The zero-order valence-corrected chi connectivity index (χ0v) is 18.4. The van der Waals surface area contributed by atoms with Gasteiger partial charge in [0, 0.05) is 97.7 Å². The molecule has 5 rings (SSSR count). The Labute approximate surface area is 181 Å². The molecule has 0 amide bonds. The highest BCUT2D eigenvalue weighted by molar-refractivity contribution is 5.56. The summed E-state index contributed by atoms with van der Waals surface area (Å²) in [5.74, 6) is 3.23. The fourth-order valence-corrected chi connectivity index (χ4v) is 5.16. The monoisotopic (exact) mass is 414 g/mol. The summed E-state index contributed by atoms with van der Waals surface area (Å²) >= 11 is 0. The summed E-state index contributed by atoms with van der Waals surface area (Å²) in [6, 6.07) is 2.25. The maximum Gasteiger partial charge on any atom is 0.229 e. The maximum atomic E-state index is 5.04. The molecule has 30 heavy (non-hydrogen) atoms. The topological polar surface area (TPSA) is 54.0 Å². The average molecular weight is 415 g/mol. The smallest absolute Gasteiger partial charge is 0.229 e. The van der Waals surface area contributed by atoms with Gasteiger partial charge in [0.05, 0.1) is 0 Å². The maximum absolute atomic E-state index is 5.04. The van der Waals surface area contributed by atoms with Gasteiger partial charge in [-0.2, -0.15) is 9.97 Å². The SMILES string of the molecule is c1c(N2CCCC2)nc(N2CCCC2)nc1N1CCN(CCN2CCNCC2)CC1. The minimum absolute atomic E-state index is 0.952. The van der Waals surface area contributed by atoms with Gasteiger partial charge in [-0.05, 0) is 25.7 Å². The van der Waals surface area contributed by atoms with Crippen LogP contribution in [0.1, 0.15) is 25.7 Å². The minimum atomic E-state index is 0.952. The molecule has 1 N–H and O–H groups in total. The van der Waals surface area contributed by atoms with Crippen LogP contribution in [0.3, 0.4) is 0 Å². The molecule has 166 valence electrons. The Hall–Kier alpha value is -1.64. The first-order chi connectivity index (χ1) is 14.8. The minimum Gasteiger partial charge on any atom is -0.356 e. The molecule has 5 heterocycles. The lowest BCUT2D eigenvalue weighted by Gasteiger charge is -2.37. The second-order valence-corrected chi connectivity index (χ2v) is 9.19. The largest absolute Gasteiger partial charge is 0.356 e. The van der Waals surface area contributed by atoms with Gasteiger partial charge in [0.25, 0.3) is 0 Å². The van der Waals surface area contributed by atoms with Crippen molar-refractivity contribution in [3.63, 3.8) is 0 Å². The highest BCUT2D eigenvalue weighted by atomic mass is 15.4. The standard InChI is InChI=1S/C22H38N8/c1-2-8-28(7-1)20-19-21(25-22(24-20)30-9-3-4-10-30)29-17-15-27(16-18-29)14-13-26-11-5-23-6-12-26/h19,23H,1-18H2. The van der Waals surface area contributed by atoms with E-state index in [1.165, 1.54) is 51.9 Å². The highest BCUT2D eigenvalue weighted by Crippen LogP contribution is 2.27. The summed E-state index contributed by atoms with van der Waals surface area (Å²) in [4.78, 5) is 22.6. The lowest BCUT2D eigenvalue weighted by molar-refractivity contribution is 0.183. The van der Waals surface area contributed by atoms with E-state index in [-0.39, 0.29) is 0 Å². The highest BCUT2D eigenvalue weighted by Gasteiger charge is 2.24. The molecule has 1 aromatic rings. The second kappa shape index (κ2) is 9.66. The van der Waals surface area contributed by atoms with Crippen LogP contribution in [0.5, 0.6) is 0 Å². The first-order valence-electron chi connectivity index (χ1n) is 12.1. The first kappa shape index (κ1) is 20.3. The molecular formula is C22H38N8. The summed E-state index contributed by atoms with van der Waals surface area (Å²) < 4.78 is 0. The summed E-state index contributed by atoms with van der Waals surface area (Å²) in [5.41, 5.74) is 0. The van der Waals surface area contributed by atoms with Crippen LogP contribution in [0.2, 0.25) is 0 Å². The molecule has 4 fully saturated rings. The summed E-state index contributed by atoms with van der Waals surface area (Å²) in [5, 5.41) is 3.45. The van der Waals surface area contributed by atoms with Crippen LogP contribution in [0.4, 0.5) is 17.6 Å². The van der Waals surface area contributed by atoms with Crippen LogP contribution < -0.4 is 20.0 Å². The molecule has 4 saturated heterocycles. The van der Waals surface area contributed by atoms with E-state index in [2.05, 4.69) is 35.9 Å². The number of aromatic nitrogens is 2. The average Bonchev–Trinajstić information content (AvgIpc) is 3.53. The van der Waals surface area contributed by atoms with Gasteiger partial charge < -0.3 is 20.0 Å². The summed E-state index contributed by atoms with van der Waals surface area (Å²) in [7, 11) is 0. The van der Waals surface area contributed by atoms with E-state index in [1.807, 2.05) is 0 Å². The number of nitrogens with zero attached hydrogens (tertiary/aromatic N) is 7. The Morgan fingerprint density at radius 3 is 1.70 bits per heavy atom. The van der Waals surface area contributed by atoms with Crippen molar-refractivity contribution in [3.05, 3.63) is 6.07 Å². The summed E-state index contributed by atoms with van der Waals surface area (Å²) in [6.45, 7) is 15.9. The third kappa shape index (κ3) is 4.81. The molecule has 0 saturated carbocycles. The number of hydrogen-bond acceptors (Lipinski definition) is 8. The van der Waals surface area contributed by atoms with Gasteiger partial charge in [0.1, 0.15) is 11.6 Å². The lowest BCUT2D eigenvalue weighted by Crippen LogP contribution is -2.51. The van der Waals surface area contributed by atoms with E-state index in [9.17, 15) is 0 Å². The van der Waals surface area contributed by atoms with Gasteiger partial charge in [-0.3, -0.25) is 9.80 Å². The molecule has 0 aliphatic carbocycles. The van der Waals surface area contributed by atoms with Gasteiger partial charge in [-0.15, -0.1) is 0 Å². The Kier molecular flexibility index (Phi) is 6.53. The fourth-order valence-electron chi connectivity index (χ4n) is 5.16. The number of rotatable bonds is 6. The van der Waals surface area contributed by atoms with Crippen LogP contribution in [0, 0.1) is 0 Å². The van der Waals surface area contributed by atoms with Crippen molar-refractivity contribution in [2.45, 2.75) is 25.7 Å². The Bertz CT molecular complexity index is 637. The Morgan fingerprint density at radius 1 is 0.600 bits per heavy atom. The van der Waals surface area contributed by atoms with Crippen molar-refractivity contribution in [2.75, 3.05) is 106 Å². The molecule has 0 unspecified atom stereocenters. The molecule has 4 aliphatic rings. The van der Waals surface area contributed by atoms with Gasteiger partial charge >= 0.3 is 0 Å². The predicted molar refractivity (Wildman–Crippen MR) is 123 cm³/mol. The van der Waals surface area contributed by atoms with Crippen LogP contribution >= 0.6 is 0 Å². The van der Waals surface area contributed by atoms with Crippen LogP contribution in [0.15, 0.2) is 6.07 Å². The molecule has 8 heteroatoms. The summed E-state index contributed by atoms with van der Waals surface area (Å²) in [6.07, 6.45) is 5.09. The van der Waals surface area contributed by atoms with Crippen LogP contribution in [-0.2, 0) is 0 Å². The van der Waals surface area contributed by atoms with Gasteiger partial charge in [0.2, 0.25) is 5.95 Å². The zero-order valence-electron chi connectivity index (χ0n) is 18.4. The van der Waals surface area contributed by atoms with Crippen molar-refractivity contribution in [1.29, 1.82) is 0 Å². The van der Waals surface area contributed by atoms with Crippen molar-refractivity contribution in [1.82, 2.24) is 25.1 Å². The van der Waals surface area contributed by atoms with Crippen LogP contribution in [0.25, 0.3) is 0 Å². The van der Waals surface area contributed by atoms with Crippen molar-refractivity contribution in [3.8, 4) is 0 Å². The molecule has 0 atom stereocenters. The third-order valence-corrected chi connectivity index (χ3v) is 7.14. The zero-order chi connectivity index (χ0) is 20.2. The molecule has 8 nitrogen and oxygen atoms in total. The molecule has 0 aromatic carbocycles. The van der Waals surface area contributed by atoms with Crippen molar-refractivity contribution >= 4 is 17.6 Å². The van der Waals surface area contributed by atoms with E-state index in [1.54, 1.807) is 0 Å². The normalized spacial score (nSPS) is 24.2. The van der Waals surface area contributed by atoms with E-state index < -0.39 is 0 Å². The first-order valence-corrected chi connectivity index (χ1v) is 12.1. The molecular weight excluding hydrogens is 376 g/mol. The number of piperazine rings is 2. The van der Waals surface area contributed by atoms with E-state index in [0.717, 1.165) is 83.0 Å². The van der Waals surface area contributed by atoms with Crippen LogP contribution in [-0.4, -0.2) is 111 Å². The molecule has 0 radical (unpaired) electrons. The van der Waals surface area contributed by atoms with Gasteiger partial charge in [0.15, 0.2) is 0 Å². The Morgan fingerprint density at radius 2 is 1.10 bits per heavy atom. The third-order valence-electron chi connectivity index (χ3n) is 7.14. The predicted octanol–water partition coefficient (Wildman–Crippen LogP) is 0.704. The second-order valence-electron chi connectivity index (χ2n) is 9.19.